The normalized spacial score (nSPS) is 22.5. The molecule has 0 saturated carbocycles. The van der Waals surface area contributed by atoms with Gasteiger partial charge in [-0.25, -0.2) is 0 Å². The van der Waals surface area contributed by atoms with E-state index in [1.165, 1.54) is 0 Å². The Kier molecular flexibility index (Phi) is 2.48. The number of hydrogen-bond donors (Lipinski definition) is 0. The quantitative estimate of drug-likeness (QED) is 0.571. The SMILES string of the molecule is N#CC1N=CC(C(F)(F)F)=CN1Cl. The second kappa shape index (κ2) is 3.26. The van der Waals surface area contributed by atoms with Gasteiger partial charge in [-0.15, -0.1) is 0 Å². The molecule has 0 aromatic heterocycles. The Balaban J connectivity index is 2.87. The first-order valence-electron chi connectivity index (χ1n) is 3.11. The van der Waals surface area contributed by atoms with Gasteiger partial charge in [-0.05, 0) is 0 Å². The average molecular weight is 210 g/mol. The standard InChI is InChI=1S/C6H3ClF3N3/c7-13-3-4(6(8,9)10)2-12-5(13)1-11/h2-3,5H. The highest BCUT2D eigenvalue weighted by Gasteiger charge is 2.35. The summed E-state index contributed by atoms with van der Waals surface area (Å²) in [7, 11) is 0. The number of aliphatic imine (C=N–C) groups is 1. The van der Waals surface area contributed by atoms with Crippen LogP contribution in [0.4, 0.5) is 13.2 Å². The number of halogens is 4. The molecule has 0 fully saturated rings. The van der Waals surface area contributed by atoms with Gasteiger partial charge in [0.2, 0.25) is 6.17 Å². The van der Waals surface area contributed by atoms with Gasteiger partial charge in [0.25, 0.3) is 0 Å². The van der Waals surface area contributed by atoms with Crippen LogP contribution in [-0.2, 0) is 0 Å². The molecule has 7 heteroatoms. The second-order valence-electron chi connectivity index (χ2n) is 2.21. The lowest BCUT2D eigenvalue weighted by atomic mass is 10.3. The fraction of sp³-hybridized carbons (Fsp3) is 0.333. The number of hydrogen-bond acceptors (Lipinski definition) is 3. The van der Waals surface area contributed by atoms with E-state index in [-0.39, 0.29) is 0 Å². The number of nitriles is 1. The third-order valence-corrected chi connectivity index (χ3v) is 1.58. The van der Waals surface area contributed by atoms with Crippen molar-refractivity contribution in [1.29, 1.82) is 5.26 Å². The van der Waals surface area contributed by atoms with Gasteiger partial charge >= 0.3 is 6.18 Å². The smallest absolute Gasteiger partial charge is 0.255 e. The maximum atomic E-state index is 12.0. The Morgan fingerprint density at radius 3 is 2.62 bits per heavy atom. The van der Waals surface area contributed by atoms with E-state index in [2.05, 4.69) is 4.99 Å². The monoisotopic (exact) mass is 209 g/mol. The summed E-state index contributed by atoms with van der Waals surface area (Å²) in [6.45, 7) is 0. The molecule has 0 aromatic carbocycles. The average Bonchev–Trinajstić information content (AvgIpc) is 2.02. The van der Waals surface area contributed by atoms with Gasteiger partial charge in [-0.3, -0.25) is 9.41 Å². The number of allylic oxidation sites excluding steroid dienone is 1. The molecule has 0 aromatic rings. The number of nitrogens with zero attached hydrogens (tertiary/aromatic N) is 3. The van der Waals surface area contributed by atoms with E-state index in [9.17, 15) is 13.2 Å². The third kappa shape index (κ3) is 2.12. The van der Waals surface area contributed by atoms with E-state index in [4.69, 9.17) is 17.0 Å². The fourth-order valence-electron chi connectivity index (χ4n) is 0.686. The van der Waals surface area contributed by atoms with E-state index in [0.717, 1.165) is 0 Å². The summed E-state index contributed by atoms with van der Waals surface area (Å²) >= 11 is 5.30. The van der Waals surface area contributed by atoms with E-state index >= 15 is 0 Å². The molecule has 3 nitrogen and oxygen atoms in total. The molecule has 70 valence electrons. The predicted molar refractivity (Wildman–Crippen MR) is 39.7 cm³/mol. The van der Waals surface area contributed by atoms with E-state index in [0.29, 0.717) is 16.8 Å². The van der Waals surface area contributed by atoms with E-state index in [1.54, 1.807) is 6.07 Å². The summed E-state index contributed by atoms with van der Waals surface area (Å²) in [6, 6.07) is 1.61. The van der Waals surface area contributed by atoms with Crippen LogP contribution in [0.1, 0.15) is 0 Å². The molecule has 1 heterocycles. The zero-order valence-corrected chi connectivity index (χ0v) is 6.84. The molecule has 1 aliphatic heterocycles. The molecular formula is C6H3ClF3N3. The largest absolute Gasteiger partial charge is 0.419 e. The van der Waals surface area contributed by atoms with Crippen LogP contribution in [0.15, 0.2) is 16.8 Å². The van der Waals surface area contributed by atoms with Crippen molar-refractivity contribution in [3.05, 3.63) is 11.8 Å². The summed E-state index contributed by atoms with van der Waals surface area (Å²) in [6.07, 6.45) is -4.36. The van der Waals surface area contributed by atoms with Crippen molar-refractivity contribution in [1.82, 2.24) is 4.42 Å². The van der Waals surface area contributed by atoms with Crippen molar-refractivity contribution in [2.24, 2.45) is 4.99 Å². The van der Waals surface area contributed by atoms with Crippen molar-refractivity contribution in [3.63, 3.8) is 0 Å². The minimum absolute atomic E-state index is 0.586. The molecule has 1 atom stereocenters. The van der Waals surface area contributed by atoms with Crippen molar-refractivity contribution >= 4 is 18.0 Å². The van der Waals surface area contributed by atoms with Crippen LogP contribution in [0.5, 0.6) is 0 Å². The third-order valence-electron chi connectivity index (χ3n) is 1.29. The molecule has 1 rings (SSSR count). The van der Waals surface area contributed by atoms with Gasteiger partial charge in [0.15, 0.2) is 0 Å². The van der Waals surface area contributed by atoms with Gasteiger partial charge in [-0.2, -0.15) is 18.4 Å². The minimum Gasteiger partial charge on any atom is -0.255 e. The molecule has 1 aliphatic rings. The maximum Gasteiger partial charge on any atom is 0.419 e. The fourth-order valence-corrected chi connectivity index (χ4v) is 0.885. The summed E-state index contributed by atoms with van der Waals surface area (Å²) in [5, 5.41) is 8.35. The minimum atomic E-state index is -4.49. The van der Waals surface area contributed by atoms with Crippen molar-refractivity contribution in [2.75, 3.05) is 0 Å². The number of alkyl halides is 3. The zero-order chi connectivity index (χ0) is 10.1. The predicted octanol–water partition coefficient (Wildman–Crippen LogP) is 1.82. The molecule has 0 radical (unpaired) electrons. The first-order valence-corrected chi connectivity index (χ1v) is 3.45. The molecule has 0 spiro atoms. The summed E-state index contributed by atoms with van der Waals surface area (Å²) in [4.78, 5) is 3.30. The number of rotatable bonds is 0. The lowest BCUT2D eigenvalue weighted by molar-refractivity contribution is -0.0866. The van der Waals surface area contributed by atoms with Crippen LogP contribution < -0.4 is 0 Å². The zero-order valence-electron chi connectivity index (χ0n) is 6.09. The Bertz CT molecular complexity index is 301. The van der Waals surface area contributed by atoms with Crippen LogP contribution in [0.3, 0.4) is 0 Å². The molecule has 0 N–H and O–H groups in total. The molecule has 0 bridgehead atoms. The van der Waals surface area contributed by atoms with Gasteiger partial charge in [0, 0.05) is 24.2 Å². The lowest BCUT2D eigenvalue weighted by Gasteiger charge is -2.20. The highest BCUT2D eigenvalue weighted by Crippen LogP contribution is 2.27. The molecule has 0 aliphatic carbocycles. The topological polar surface area (TPSA) is 39.4 Å². The van der Waals surface area contributed by atoms with Gasteiger partial charge in [-0.1, -0.05) is 0 Å². The molecule has 1 unspecified atom stereocenters. The summed E-state index contributed by atoms with van der Waals surface area (Å²) in [5.74, 6) is 0. The van der Waals surface area contributed by atoms with Gasteiger partial charge < -0.3 is 0 Å². The van der Waals surface area contributed by atoms with Crippen molar-refractivity contribution < 1.29 is 13.2 Å². The van der Waals surface area contributed by atoms with Crippen LogP contribution in [0, 0.1) is 11.3 Å². The molecule has 0 amide bonds. The Hall–Kier alpha value is -1.22. The maximum absolute atomic E-state index is 12.0. The van der Waals surface area contributed by atoms with Gasteiger partial charge in [0.1, 0.15) is 6.07 Å². The second-order valence-corrected chi connectivity index (χ2v) is 2.60. The van der Waals surface area contributed by atoms with Crippen LogP contribution in [0.2, 0.25) is 0 Å². The van der Waals surface area contributed by atoms with Crippen LogP contribution in [0.25, 0.3) is 0 Å². The van der Waals surface area contributed by atoms with E-state index < -0.39 is 17.9 Å². The first kappa shape index (κ1) is 9.86. The molecule has 0 saturated heterocycles. The highest BCUT2D eigenvalue weighted by molar-refractivity contribution is 6.15. The summed E-state index contributed by atoms with van der Waals surface area (Å²) < 4.78 is 36.6. The summed E-state index contributed by atoms with van der Waals surface area (Å²) in [5.41, 5.74) is -0.978. The highest BCUT2D eigenvalue weighted by atomic mass is 35.5. The first-order chi connectivity index (χ1) is 5.95. The lowest BCUT2D eigenvalue weighted by Crippen LogP contribution is -2.27. The Morgan fingerprint density at radius 1 is 1.62 bits per heavy atom. The van der Waals surface area contributed by atoms with E-state index in [1.807, 2.05) is 0 Å². The van der Waals surface area contributed by atoms with Gasteiger partial charge in [0.05, 0.1) is 5.57 Å². The molecular weight excluding hydrogens is 207 g/mol. The Labute approximate surface area is 76.8 Å². The molecule has 13 heavy (non-hydrogen) atoms. The Morgan fingerprint density at radius 2 is 2.23 bits per heavy atom. The van der Waals surface area contributed by atoms with Crippen LogP contribution >= 0.6 is 11.8 Å². The van der Waals surface area contributed by atoms with Crippen molar-refractivity contribution in [2.45, 2.75) is 12.3 Å². The van der Waals surface area contributed by atoms with Crippen molar-refractivity contribution in [3.8, 4) is 6.07 Å². The van der Waals surface area contributed by atoms with Crippen LogP contribution in [-0.4, -0.2) is 23.0 Å².